The predicted octanol–water partition coefficient (Wildman–Crippen LogP) is 3.12. The van der Waals surface area contributed by atoms with Gasteiger partial charge in [0.25, 0.3) is 0 Å². The average Bonchev–Trinajstić information content (AvgIpc) is 3.09. The summed E-state index contributed by atoms with van der Waals surface area (Å²) in [7, 11) is 1.26. The Morgan fingerprint density at radius 1 is 1.48 bits per heavy atom. The van der Waals surface area contributed by atoms with Crippen molar-refractivity contribution in [3.63, 3.8) is 0 Å². The molecule has 0 atom stereocenters. The summed E-state index contributed by atoms with van der Waals surface area (Å²) in [6.45, 7) is 0. The first-order valence-electron chi connectivity index (χ1n) is 6.15. The van der Waals surface area contributed by atoms with Crippen molar-refractivity contribution >= 4 is 61.9 Å². The molecule has 4 N–H and O–H groups in total. The fraction of sp³-hybridized carbons (Fsp3) is 0.0769. The quantitative estimate of drug-likeness (QED) is 0.372. The van der Waals surface area contributed by atoms with Crippen molar-refractivity contribution in [3.8, 4) is 0 Å². The monoisotopic (exact) mass is 368 g/mol. The second-order valence-corrected chi connectivity index (χ2v) is 6.62. The van der Waals surface area contributed by atoms with Gasteiger partial charge in [0.1, 0.15) is 12.8 Å². The van der Waals surface area contributed by atoms with Gasteiger partial charge >= 0.3 is 5.97 Å². The zero-order valence-electron chi connectivity index (χ0n) is 11.8. The lowest BCUT2D eigenvalue weighted by Crippen LogP contribution is -2.15. The van der Waals surface area contributed by atoms with Gasteiger partial charge in [-0.05, 0) is 24.4 Å². The largest absolute Gasteiger partial charge is 0.476 e. The van der Waals surface area contributed by atoms with E-state index >= 15 is 0 Å². The Balaban J connectivity index is 0.000000172. The summed E-state index contributed by atoms with van der Waals surface area (Å²) in [5.41, 5.74) is 6.42. The predicted molar refractivity (Wildman–Crippen MR) is 94.7 cm³/mol. The maximum absolute atomic E-state index is 10.6. The SMILES string of the molecule is CON=C(C(=O)O)c1csc(N)n1.S=c1[nH]c2ccccc2s1. The van der Waals surface area contributed by atoms with Crippen molar-refractivity contribution in [3.05, 3.63) is 39.3 Å². The van der Waals surface area contributed by atoms with Crippen LogP contribution in [0.1, 0.15) is 5.69 Å². The van der Waals surface area contributed by atoms with Crippen LogP contribution in [0.15, 0.2) is 34.8 Å². The maximum atomic E-state index is 10.6. The van der Waals surface area contributed by atoms with E-state index < -0.39 is 5.97 Å². The molecule has 0 aliphatic heterocycles. The molecule has 0 unspecified atom stereocenters. The number of thiazole rings is 2. The Morgan fingerprint density at radius 2 is 2.22 bits per heavy atom. The lowest BCUT2D eigenvalue weighted by Gasteiger charge is -1.94. The first-order chi connectivity index (χ1) is 11.0. The minimum absolute atomic E-state index is 0.205. The maximum Gasteiger partial charge on any atom is 0.360 e. The average molecular weight is 368 g/mol. The summed E-state index contributed by atoms with van der Waals surface area (Å²) >= 11 is 7.73. The highest BCUT2D eigenvalue weighted by Crippen LogP contribution is 2.17. The van der Waals surface area contributed by atoms with Crippen LogP contribution in [-0.4, -0.2) is 33.9 Å². The smallest absolute Gasteiger partial charge is 0.360 e. The molecule has 1 aromatic carbocycles. The number of benzene rings is 1. The molecule has 23 heavy (non-hydrogen) atoms. The zero-order chi connectivity index (χ0) is 16.8. The summed E-state index contributed by atoms with van der Waals surface area (Å²) in [6.07, 6.45) is 0. The highest BCUT2D eigenvalue weighted by atomic mass is 32.1. The lowest BCUT2D eigenvalue weighted by atomic mass is 10.3. The first kappa shape index (κ1) is 17.1. The van der Waals surface area contributed by atoms with Gasteiger partial charge < -0.3 is 20.7 Å². The van der Waals surface area contributed by atoms with Crippen molar-refractivity contribution in [2.45, 2.75) is 0 Å². The molecule has 0 radical (unpaired) electrons. The number of rotatable bonds is 3. The van der Waals surface area contributed by atoms with Gasteiger partial charge in [-0.25, -0.2) is 9.78 Å². The number of aliphatic carboxylic acids is 1. The number of nitrogen functional groups attached to an aromatic ring is 1. The van der Waals surface area contributed by atoms with Crippen molar-refractivity contribution in [2.75, 3.05) is 12.8 Å². The molecule has 0 spiro atoms. The van der Waals surface area contributed by atoms with Gasteiger partial charge in [0.05, 0.1) is 10.2 Å². The van der Waals surface area contributed by atoms with Gasteiger partial charge in [0, 0.05) is 5.38 Å². The van der Waals surface area contributed by atoms with E-state index in [-0.39, 0.29) is 11.4 Å². The lowest BCUT2D eigenvalue weighted by molar-refractivity contribution is -0.129. The van der Waals surface area contributed by atoms with Crippen LogP contribution in [0.3, 0.4) is 0 Å². The molecule has 0 aliphatic rings. The third-order valence-corrected chi connectivity index (χ3v) is 4.37. The van der Waals surface area contributed by atoms with E-state index in [0.717, 1.165) is 20.8 Å². The summed E-state index contributed by atoms with van der Waals surface area (Å²) in [6, 6.07) is 8.11. The fourth-order valence-electron chi connectivity index (χ4n) is 1.58. The number of para-hydroxylation sites is 1. The number of carboxylic acids is 1. The molecular weight excluding hydrogens is 356 g/mol. The molecule has 0 amide bonds. The van der Waals surface area contributed by atoms with Gasteiger partial charge in [0.15, 0.2) is 9.09 Å². The number of nitrogens with zero attached hydrogens (tertiary/aromatic N) is 2. The first-order valence-corrected chi connectivity index (χ1v) is 8.25. The molecule has 0 bridgehead atoms. The zero-order valence-corrected chi connectivity index (χ0v) is 14.3. The molecule has 2 heterocycles. The number of carbonyl (C=O) groups is 1. The van der Waals surface area contributed by atoms with E-state index in [2.05, 4.69) is 26.0 Å². The van der Waals surface area contributed by atoms with E-state index in [1.807, 2.05) is 18.2 Å². The highest BCUT2D eigenvalue weighted by molar-refractivity contribution is 7.73. The van der Waals surface area contributed by atoms with Gasteiger partial charge in [-0.3, -0.25) is 0 Å². The Hall–Kier alpha value is -2.30. The number of anilines is 1. The van der Waals surface area contributed by atoms with Crippen LogP contribution in [0.25, 0.3) is 10.2 Å². The van der Waals surface area contributed by atoms with Crippen LogP contribution in [0.5, 0.6) is 0 Å². The minimum atomic E-state index is -1.20. The molecule has 0 saturated heterocycles. The van der Waals surface area contributed by atoms with Crippen LogP contribution in [0.2, 0.25) is 0 Å². The second-order valence-electron chi connectivity index (χ2n) is 4.01. The number of nitrogens with one attached hydrogen (secondary N) is 1. The standard InChI is InChI=1S/C7H5NS2.C6H7N3O3S/c9-7-8-5-3-1-2-4-6(5)10-7;1-12-9-4(5(10)11)3-2-13-6(7)8-3/h1-4H,(H,8,9);2H,1H3,(H2,7,8)(H,10,11). The second kappa shape index (κ2) is 7.81. The number of aromatic nitrogens is 2. The molecule has 0 saturated carbocycles. The number of oxime groups is 1. The van der Waals surface area contributed by atoms with Crippen LogP contribution in [0, 0.1) is 3.95 Å². The van der Waals surface area contributed by atoms with Gasteiger partial charge in [-0.1, -0.05) is 17.3 Å². The Kier molecular flexibility index (Phi) is 5.79. The number of H-pyrrole nitrogens is 1. The normalized spacial score (nSPS) is 10.9. The third kappa shape index (κ3) is 4.58. The van der Waals surface area contributed by atoms with E-state index in [4.69, 9.17) is 23.1 Å². The van der Waals surface area contributed by atoms with Gasteiger partial charge in [-0.2, -0.15) is 0 Å². The van der Waals surface area contributed by atoms with Gasteiger partial charge in [-0.15, -0.1) is 22.7 Å². The van der Waals surface area contributed by atoms with E-state index in [1.54, 1.807) is 11.3 Å². The fourth-order valence-corrected chi connectivity index (χ4v) is 3.24. The molecule has 0 aliphatic carbocycles. The molecule has 2 aromatic heterocycles. The number of carboxylic acid groups (broad SMARTS) is 1. The number of hydrogen-bond acceptors (Lipinski definition) is 8. The number of nitrogens with two attached hydrogens (primary N) is 1. The Bertz CT molecular complexity index is 861. The van der Waals surface area contributed by atoms with E-state index in [1.165, 1.54) is 17.2 Å². The Labute approximate surface area is 144 Å². The number of hydrogen-bond donors (Lipinski definition) is 3. The van der Waals surface area contributed by atoms with Crippen molar-refractivity contribution in [1.82, 2.24) is 9.97 Å². The molecule has 0 fully saturated rings. The highest BCUT2D eigenvalue weighted by Gasteiger charge is 2.16. The Morgan fingerprint density at radius 3 is 2.78 bits per heavy atom. The molecule has 120 valence electrons. The van der Waals surface area contributed by atoms with Crippen LogP contribution in [-0.2, 0) is 9.63 Å². The molecule has 7 nitrogen and oxygen atoms in total. The topological polar surface area (TPSA) is 114 Å². The van der Waals surface area contributed by atoms with Crippen molar-refractivity contribution < 1.29 is 14.7 Å². The van der Waals surface area contributed by atoms with Crippen LogP contribution in [0.4, 0.5) is 5.13 Å². The van der Waals surface area contributed by atoms with E-state index in [0.29, 0.717) is 5.13 Å². The van der Waals surface area contributed by atoms with Gasteiger partial charge in [0.2, 0.25) is 5.71 Å². The summed E-state index contributed by atoms with van der Waals surface area (Å²) in [4.78, 5) is 21.8. The molecule has 10 heteroatoms. The minimum Gasteiger partial charge on any atom is -0.476 e. The van der Waals surface area contributed by atoms with Crippen molar-refractivity contribution in [2.24, 2.45) is 5.16 Å². The molecule has 3 aromatic rings. The molecule has 3 rings (SSSR count). The molecular formula is C13H12N4O3S3. The number of aromatic amines is 1. The summed E-state index contributed by atoms with van der Waals surface area (Å²) < 4.78 is 2.08. The van der Waals surface area contributed by atoms with Crippen LogP contribution >= 0.6 is 34.9 Å². The van der Waals surface area contributed by atoms with E-state index in [9.17, 15) is 4.79 Å². The van der Waals surface area contributed by atoms with Crippen LogP contribution < -0.4 is 5.73 Å². The summed E-state index contributed by atoms with van der Waals surface area (Å²) in [5.74, 6) is -1.20. The number of fused-ring (bicyclic) bond motifs is 1. The summed E-state index contributed by atoms with van der Waals surface area (Å²) in [5, 5.41) is 13.8. The van der Waals surface area contributed by atoms with Crippen molar-refractivity contribution in [1.29, 1.82) is 0 Å². The third-order valence-electron chi connectivity index (χ3n) is 2.48.